The molecule has 0 aliphatic carbocycles. The van der Waals surface area contributed by atoms with Crippen LogP contribution in [0.15, 0.2) is 56.8 Å². The smallest absolute Gasteiger partial charge is 0.312 e. The Morgan fingerprint density at radius 2 is 1.80 bits per heavy atom. The van der Waals surface area contributed by atoms with Crippen LogP contribution in [0.25, 0.3) is 22.4 Å². The van der Waals surface area contributed by atoms with Crippen LogP contribution >= 0.6 is 0 Å². The number of fused-ring (bicyclic) bond motifs is 1. The third kappa shape index (κ3) is 3.37. The van der Waals surface area contributed by atoms with Crippen LogP contribution in [-0.4, -0.2) is 40.2 Å². The van der Waals surface area contributed by atoms with Crippen molar-refractivity contribution in [3.05, 3.63) is 64.3 Å². The molecule has 0 radical (unpaired) electrons. The molecule has 0 aliphatic rings. The predicted octanol–water partition coefficient (Wildman–Crippen LogP) is 2.96. The number of aryl methyl sites for hydroxylation is 1. The highest BCUT2D eigenvalue weighted by Gasteiger charge is 2.15. The largest absolute Gasteiger partial charge is 0.493 e. The van der Waals surface area contributed by atoms with Crippen molar-refractivity contribution in [1.29, 1.82) is 0 Å². The van der Waals surface area contributed by atoms with Gasteiger partial charge in [-0.2, -0.15) is 9.78 Å². The van der Waals surface area contributed by atoms with Crippen LogP contribution in [0.3, 0.4) is 0 Å². The van der Waals surface area contributed by atoms with Crippen LogP contribution in [0.2, 0.25) is 0 Å². The van der Waals surface area contributed by atoms with Crippen LogP contribution in [0.1, 0.15) is 11.5 Å². The molecule has 2 heterocycles. The van der Waals surface area contributed by atoms with Crippen LogP contribution in [0.5, 0.6) is 17.4 Å². The highest BCUT2D eigenvalue weighted by molar-refractivity contribution is 5.83. The zero-order valence-electron chi connectivity index (χ0n) is 16.5. The number of hydrogen-bond acceptors (Lipinski definition) is 8. The molecule has 0 atom stereocenters. The highest BCUT2D eigenvalue weighted by Crippen LogP contribution is 2.30. The van der Waals surface area contributed by atoms with Crippen molar-refractivity contribution in [3.8, 4) is 28.9 Å². The van der Waals surface area contributed by atoms with Crippen molar-refractivity contribution < 1.29 is 19.0 Å². The average molecular weight is 406 g/mol. The van der Waals surface area contributed by atoms with Gasteiger partial charge in [0, 0.05) is 11.6 Å². The molecule has 9 nitrogen and oxygen atoms in total. The quantitative estimate of drug-likeness (QED) is 0.507. The first-order chi connectivity index (χ1) is 14.5. The molecule has 0 fully saturated rings. The van der Waals surface area contributed by atoms with E-state index in [9.17, 15) is 9.90 Å². The molecule has 4 aromatic rings. The molecule has 152 valence electrons. The zero-order valence-corrected chi connectivity index (χ0v) is 16.5. The second kappa shape index (κ2) is 7.70. The Kier molecular flexibility index (Phi) is 4.93. The van der Waals surface area contributed by atoms with Gasteiger partial charge in [0.1, 0.15) is 5.82 Å². The van der Waals surface area contributed by atoms with Gasteiger partial charge in [0.15, 0.2) is 17.2 Å². The first-order valence-electron chi connectivity index (χ1n) is 8.96. The van der Waals surface area contributed by atoms with E-state index in [2.05, 4.69) is 15.1 Å². The second-order valence-electron chi connectivity index (χ2n) is 6.32. The van der Waals surface area contributed by atoms with E-state index >= 15 is 0 Å². The second-order valence-corrected chi connectivity index (χ2v) is 6.32. The summed E-state index contributed by atoms with van der Waals surface area (Å²) in [6, 6.07) is 12.3. The molecule has 0 aliphatic heterocycles. The number of aromatic hydroxyl groups is 1. The number of aromatic nitrogens is 3. The lowest BCUT2D eigenvalue weighted by Crippen LogP contribution is -2.20. The van der Waals surface area contributed by atoms with Gasteiger partial charge in [0.05, 0.1) is 31.3 Å². The number of hydrogen-bond donors (Lipinski definition) is 1. The van der Waals surface area contributed by atoms with Gasteiger partial charge in [0.25, 0.3) is 5.56 Å². The molecule has 1 N–H and O–H groups in total. The van der Waals surface area contributed by atoms with Gasteiger partial charge in [-0.25, -0.2) is 9.97 Å². The summed E-state index contributed by atoms with van der Waals surface area (Å²) in [5.74, 6) is 1.07. The zero-order chi connectivity index (χ0) is 21.3. The number of methoxy groups -OCH3 is 2. The lowest BCUT2D eigenvalue weighted by Gasteiger charge is -2.10. The number of rotatable bonds is 5. The third-order valence-electron chi connectivity index (χ3n) is 4.46. The Hall–Kier alpha value is -4.14. The van der Waals surface area contributed by atoms with Crippen molar-refractivity contribution in [3.63, 3.8) is 0 Å². The molecule has 30 heavy (non-hydrogen) atoms. The van der Waals surface area contributed by atoms with Gasteiger partial charge in [-0.1, -0.05) is 18.2 Å². The van der Waals surface area contributed by atoms with Crippen LogP contribution < -0.4 is 15.0 Å². The number of oxazole rings is 1. The van der Waals surface area contributed by atoms with Crippen molar-refractivity contribution in [1.82, 2.24) is 14.6 Å². The lowest BCUT2D eigenvalue weighted by atomic mass is 10.2. The van der Waals surface area contributed by atoms with Crippen LogP contribution in [0.4, 0.5) is 0 Å². The topological polar surface area (TPSA) is 112 Å². The Balaban J connectivity index is 1.76. The summed E-state index contributed by atoms with van der Waals surface area (Å²) in [7, 11) is 3.00. The molecule has 4 rings (SSSR count). The van der Waals surface area contributed by atoms with Crippen molar-refractivity contribution >= 4 is 17.1 Å². The first kappa shape index (κ1) is 19.2. The van der Waals surface area contributed by atoms with E-state index in [0.717, 1.165) is 4.68 Å². The fourth-order valence-corrected chi connectivity index (χ4v) is 2.98. The first-order valence-corrected chi connectivity index (χ1v) is 8.96. The fraction of sp³-hybridized carbons (Fsp3) is 0.143. The Morgan fingerprint density at radius 1 is 1.10 bits per heavy atom. The van der Waals surface area contributed by atoms with Crippen molar-refractivity contribution in [2.75, 3.05) is 14.2 Å². The summed E-state index contributed by atoms with van der Waals surface area (Å²) in [6.45, 7) is 1.65. The summed E-state index contributed by atoms with van der Waals surface area (Å²) >= 11 is 0. The van der Waals surface area contributed by atoms with E-state index in [1.165, 1.54) is 20.4 Å². The van der Waals surface area contributed by atoms with E-state index < -0.39 is 11.5 Å². The highest BCUT2D eigenvalue weighted by atomic mass is 16.5. The monoisotopic (exact) mass is 406 g/mol. The molecule has 0 spiro atoms. The van der Waals surface area contributed by atoms with E-state index in [1.54, 1.807) is 31.2 Å². The summed E-state index contributed by atoms with van der Waals surface area (Å²) in [4.78, 5) is 21.6. The van der Waals surface area contributed by atoms with Gasteiger partial charge < -0.3 is 19.0 Å². The predicted molar refractivity (Wildman–Crippen MR) is 110 cm³/mol. The standard InChI is InChI=1S/C21H18N4O5/c1-12-23-15-10-18(29-3)17(28-2)9-14(15)20(26)25(12)22-11-16-21(27)30-19(24-16)13-7-5-4-6-8-13/h4-11,27H,1-3H3/b22-11+. The Bertz CT molecular complexity index is 1310. The molecular formula is C21H18N4O5. The number of ether oxygens (including phenoxy) is 2. The molecule has 0 bridgehead atoms. The van der Waals surface area contributed by atoms with Gasteiger partial charge in [-0.3, -0.25) is 4.79 Å². The van der Waals surface area contributed by atoms with Crippen LogP contribution in [-0.2, 0) is 0 Å². The minimum absolute atomic E-state index is 0.0903. The maximum absolute atomic E-state index is 13.0. The summed E-state index contributed by atoms with van der Waals surface area (Å²) < 4.78 is 16.9. The van der Waals surface area contributed by atoms with Gasteiger partial charge in [-0.15, -0.1) is 0 Å². The van der Waals surface area contributed by atoms with E-state index in [4.69, 9.17) is 13.9 Å². The number of benzene rings is 2. The van der Waals surface area contributed by atoms with E-state index in [-0.39, 0.29) is 11.6 Å². The maximum Gasteiger partial charge on any atom is 0.312 e. The lowest BCUT2D eigenvalue weighted by molar-refractivity contribution is 0.337. The number of nitrogens with zero attached hydrogens (tertiary/aromatic N) is 4. The molecule has 2 aromatic carbocycles. The van der Waals surface area contributed by atoms with Crippen molar-refractivity contribution in [2.45, 2.75) is 6.92 Å². The molecule has 0 saturated heterocycles. The molecule has 0 unspecified atom stereocenters. The van der Waals surface area contributed by atoms with Gasteiger partial charge in [0.2, 0.25) is 5.89 Å². The maximum atomic E-state index is 13.0. The van der Waals surface area contributed by atoms with Crippen molar-refractivity contribution in [2.24, 2.45) is 5.10 Å². The molecule has 2 aromatic heterocycles. The van der Waals surface area contributed by atoms with E-state index in [0.29, 0.717) is 33.8 Å². The van der Waals surface area contributed by atoms with Gasteiger partial charge in [-0.05, 0) is 25.1 Å². The Morgan fingerprint density at radius 3 is 2.50 bits per heavy atom. The summed E-state index contributed by atoms with van der Waals surface area (Å²) in [6.07, 6.45) is 1.24. The molecular weight excluding hydrogens is 388 g/mol. The van der Waals surface area contributed by atoms with Gasteiger partial charge >= 0.3 is 5.95 Å². The third-order valence-corrected chi connectivity index (χ3v) is 4.46. The molecule has 9 heteroatoms. The minimum Gasteiger partial charge on any atom is -0.493 e. The van der Waals surface area contributed by atoms with E-state index in [1.807, 2.05) is 18.2 Å². The average Bonchev–Trinajstić information content (AvgIpc) is 3.14. The fourth-order valence-electron chi connectivity index (χ4n) is 2.98. The summed E-state index contributed by atoms with van der Waals surface area (Å²) in [5, 5.41) is 14.5. The van der Waals surface area contributed by atoms with Crippen LogP contribution in [0, 0.1) is 6.92 Å². The molecule has 0 saturated carbocycles. The summed E-state index contributed by atoms with van der Waals surface area (Å²) in [5.41, 5.74) is 0.847. The molecule has 0 amide bonds. The normalized spacial score (nSPS) is 11.3. The minimum atomic E-state index is -0.402. The Labute approximate surface area is 170 Å². The SMILES string of the molecule is COc1cc2nc(C)n(/N=C/c3nc(-c4ccccc4)oc3O)c(=O)c2cc1OC.